The summed E-state index contributed by atoms with van der Waals surface area (Å²) >= 11 is 5.55. The van der Waals surface area contributed by atoms with Gasteiger partial charge in [0, 0.05) is 48.4 Å². The Kier molecular flexibility index (Phi) is 17.3. The van der Waals surface area contributed by atoms with Gasteiger partial charge in [-0.2, -0.15) is 0 Å². The summed E-state index contributed by atoms with van der Waals surface area (Å²) in [4.78, 5) is 59.2. The molecule has 0 radical (unpaired) electrons. The number of esters is 2. The molecule has 0 aliphatic carbocycles. The molecule has 4 aromatic rings. The second-order valence-corrected chi connectivity index (χ2v) is 8.62. The summed E-state index contributed by atoms with van der Waals surface area (Å²) in [6.45, 7) is 0.132. The number of halogens is 2. The molecule has 0 atom stereocenters. The maximum atomic E-state index is 11.4. The summed E-state index contributed by atoms with van der Waals surface area (Å²) in [5, 5.41) is 8.98. The van der Waals surface area contributed by atoms with Gasteiger partial charge in [0.25, 0.3) is 0 Å². The van der Waals surface area contributed by atoms with Gasteiger partial charge in [-0.05, 0) is 17.7 Å². The number of alkyl halides is 1. The van der Waals surface area contributed by atoms with Crippen molar-refractivity contribution < 1.29 is 48.0 Å². The Hall–Kier alpha value is -5.34. The summed E-state index contributed by atoms with van der Waals surface area (Å²) in [7, 11) is 5.52. The number of methoxy groups -OCH3 is 4. The van der Waals surface area contributed by atoms with Crippen LogP contribution in [0.25, 0.3) is 0 Å². The van der Waals surface area contributed by atoms with Gasteiger partial charge in [0.05, 0.1) is 63.1 Å². The summed E-state index contributed by atoms with van der Waals surface area (Å²) in [6, 6.07) is 6.11. The van der Waals surface area contributed by atoms with Gasteiger partial charge in [-0.15, -0.1) is 24.0 Å². The highest BCUT2D eigenvalue weighted by Crippen LogP contribution is 2.21. The third-order valence-electron chi connectivity index (χ3n) is 5.41. The van der Waals surface area contributed by atoms with Crippen molar-refractivity contribution in [2.24, 2.45) is 0 Å². The summed E-state index contributed by atoms with van der Waals surface area (Å²) in [6.07, 6.45) is 9.79. The zero-order valence-electron chi connectivity index (χ0n) is 25.0. The molecule has 0 spiro atoms. The van der Waals surface area contributed by atoms with Crippen molar-refractivity contribution >= 4 is 48.5 Å². The number of aromatic nitrogens is 4. The van der Waals surface area contributed by atoms with Crippen LogP contribution in [0.4, 0.5) is 0 Å². The Morgan fingerprint density at radius 3 is 1.74 bits per heavy atom. The molecule has 4 aromatic heterocycles. The van der Waals surface area contributed by atoms with Crippen LogP contribution >= 0.6 is 24.0 Å². The van der Waals surface area contributed by atoms with Crippen LogP contribution in [0.5, 0.6) is 23.3 Å². The van der Waals surface area contributed by atoms with E-state index in [1.165, 1.54) is 65.4 Å². The Labute approximate surface area is 275 Å². The molecule has 4 heterocycles. The number of aldehydes is 2. The lowest BCUT2D eigenvalue weighted by Crippen LogP contribution is -2.05. The van der Waals surface area contributed by atoms with Crippen LogP contribution in [0.15, 0.2) is 61.4 Å². The summed E-state index contributed by atoms with van der Waals surface area (Å²) < 4.78 is 24.4. The third kappa shape index (κ3) is 12.0. The number of rotatable bonds is 10. The minimum absolute atomic E-state index is 0. The van der Waals surface area contributed by atoms with Gasteiger partial charge in [-0.3, -0.25) is 19.6 Å². The van der Waals surface area contributed by atoms with E-state index in [1.807, 2.05) is 0 Å². The number of hydrogen-bond acceptors (Lipinski definition) is 14. The average Bonchev–Trinajstić information content (AvgIpc) is 3.10. The fourth-order valence-electron chi connectivity index (χ4n) is 3.16. The minimum atomic E-state index is -0.478. The lowest BCUT2D eigenvalue weighted by atomic mass is 10.2. The van der Waals surface area contributed by atoms with Crippen LogP contribution in [-0.2, 0) is 22.0 Å². The zero-order valence-corrected chi connectivity index (χ0v) is 26.6. The van der Waals surface area contributed by atoms with Crippen molar-refractivity contribution in [1.82, 2.24) is 19.9 Å². The van der Waals surface area contributed by atoms with Crippen molar-refractivity contribution in [1.29, 1.82) is 0 Å². The number of carbonyl (C=O) groups is 4. The number of carbonyl (C=O) groups excluding carboxylic acids is 4. The van der Waals surface area contributed by atoms with Gasteiger partial charge in [0.15, 0.2) is 12.6 Å². The standard InChI is InChI=1S/C15H14N2O5.C8H8ClNO2.C7H7NO3.ClH/c1-20-14-4-12(8-18)13(7-17-14)22-9-10-3-11(6-16-5-10)15(19)21-2;1-12-8(11)7-2-6(3-9)4-10-5-7;1-11-7-2-5(4-9)6(10)3-8-7;/h3-8H,9H2,1-2H3;2,4-5H,3H2,1H3;2-4,10H,1H3;1H. The molecule has 46 heavy (non-hydrogen) atoms. The molecule has 0 aliphatic heterocycles. The van der Waals surface area contributed by atoms with E-state index in [-0.39, 0.29) is 30.3 Å². The lowest BCUT2D eigenvalue weighted by Gasteiger charge is -2.09. The van der Waals surface area contributed by atoms with Gasteiger partial charge in [0.2, 0.25) is 11.8 Å². The maximum absolute atomic E-state index is 11.4. The monoisotopic (exact) mass is 676 g/mol. The van der Waals surface area contributed by atoms with Gasteiger partial charge in [-0.25, -0.2) is 19.6 Å². The minimum Gasteiger partial charge on any atom is -0.506 e. The number of nitrogens with zero attached hydrogens (tertiary/aromatic N) is 4. The third-order valence-corrected chi connectivity index (χ3v) is 5.72. The molecule has 0 saturated carbocycles. The number of ether oxygens (including phenoxy) is 5. The van der Waals surface area contributed by atoms with Crippen molar-refractivity contribution in [3.05, 3.63) is 94.8 Å². The molecular weight excluding hydrogens is 647 g/mol. The van der Waals surface area contributed by atoms with Gasteiger partial charge >= 0.3 is 11.9 Å². The van der Waals surface area contributed by atoms with Gasteiger partial charge in [-0.1, -0.05) is 0 Å². The zero-order chi connectivity index (χ0) is 33.2. The Balaban J connectivity index is 0.000000374. The van der Waals surface area contributed by atoms with E-state index in [0.717, 1.165) is 5.56 Å². The summed E-state index contributed by atoms with van der Waals surface area (Å²) in [5.74, 6) is 0.287. The van der Waals surface area contributed by atoms with Gasteiger partial charge in [0.1, 0.15) is 18.1 Å². The topological polar surface area (TPSA) is 186 Å². The van der Waals surface area contributed by atoms with Crippen molar-refractivity contribution in [2.75, 3.05) is 28.4 Å². The van der Waals surface area contributed by atoms with Crippen LogP contribution in [0.2, 0.25) is 0 Å². The largest absolute Gasteiger partial charge is 0.506 e. The lowest BCUT2D eigenvalue weighted by molar-refractivity contribution is 0.0591. The van der Waals surface area contributed by atoms with Gasteiger partial charge < -0.3 is 28.8 Å². The van der Waals surface area contributed by atoms with E-state index in [4.69, 9.17) is 30.9 Å². The van der Waals surface area contributed by atoms with E-state index < -0.39 is 11.9 Å². The molecule has 4 rings (SSSR count). The molecule has 0 amide bonds. The molecule has 0 bridgehead atoms. The molecule has 0 aromatic carbocycles. The number of pyridine rings is 4. The van der Waals surface area contributed by atoms with Crippen LogP contribution in [-0.4, -0.2) is 78.0 Å². The fourth-order valence-corrected chi connectivity index (χ4v) is 3.31. The smallest absolute Gasteiger partial charge is 0.339 e. The van der Waals surface area contributed by atoms with Crippen LogP contribution in [0, 0.1) is 0 Å². The maximum Gasteiger partial charge on any atom is 0.339 e. The van der Waals surface area contributed by atoms with Crippen LogP contribution < -0.4 is 14.2 Å². The molecule has 0 fully saturated rings. The van der Waals surface area contributed by atoms with Crippen LogP contribution in [0.3, 0.4) is 0 Å². The molecule has 14 nitrogen and oxygen atoms in total. The average molecular weight is 677 g/mol. The first-order chi connectivity index (χ1) is 21.7. The predicted molar refractivity (Wildman–Crippen MR) is 166 cm³/mol. The molecule has 244 valence electrons. The van der Waals surface area contributed by atoms with E-state index in [0.29, 0.717) is 58.2 Å². The summed E-state index contributed by atoms with van der Waals surface area (Å²) in [5.41, 5.74) is 2.72. The highest BCUT2D eigenvalue weighted by molar-refractivity contribution is 6.17. The molecule has 0 aliphatic rings. The van der Waals surface area contributed by atoms with Crippen molar-refractivity contribution in [3.8, 4) is 23.3 Å². The second-order valence-electron chi connectivity index (χ2n) is 8.35. The molecule has 0 saturated heterocycles. The first-order valence-corrected chi connectivity index (χ1v) is 13.2. The molecule has 0 unspecified atom stereocenters. The first-order valence-electron chi connectivity index (χ1n) is 12.6. The SMILES string of the molecule is COC(=O)c1cncc(CCl)c1.COC(=O)c1cncc(COc2cnc(OC)cc2C=O)c1.COc1cc(C=O)c(O)cn1.Cl. The Bertz CT molecular complexity index is 1610. The van der Waals surface area contributed by atoms with E-state index in [9.17, 15) is 19.2 Å². The van der Waals surface area contributed by atoms with E-state index >= 15 is 0 Å². The normalized spacial score (nSPS) is 9.41. The number of aromatic hydroxyl groups is 1. The van der Waals surface area contributed by atoms with Crippen molar-refractivity contribution in [3.63, 3.8) is 0 Å². The highest BCUT2D eigenvalue weighted by Gasteiger charge is 2.10. The fraction of sp³-hybridized carbons (Fsp3) is 0.200. The second kappa shape index (κ2) is 20.6. The quantitative estimate of drug-likeness (QED) is 0.142. The Morgan fingerprint density at radius 1 is 0.739 bits per heavy atom. The van der Waals surface area contributed by atoms with Crippen molar-refractivity contribution in [2.45, 2.75) is 12.5 Å². The Morgan fingerprint density at radius 2 is 1.24 bits per heavy atom. The predicted octanol–water partition coefficient (Wildman–Crippen LogP) is 4.30. The van der Waals surface area contributed by atoms with Crippen LogP contribution in [0.1, 0.15) is 52.6 Å². The molecule has 1 N–H and O–H groups in total. The molecular formula is C30H30Cl2N4O10. The van der Waals surface area contributed by atoms with E-state index in [2.05, 4.69) is 29.4 Å². The molecule has 16 heteroatoms. The first kappa shape index (κ1) is 38.7. The highest BCUT2D eigenvalue weighted by atomic mass is 35.5. The number of hydrogen-bond donors (Lipinski definition) is 1. The van der Waals surface area contributed by atoms with E-state index in [1.54, 1.807) is 24.5 Å².